The second kappa shape index (κ2) is 12.9. The number of benzene rings is 2. The number of likely N-dealkylation sites (tertiary alicyclic amines) is 1. The number of rotatable bonds is 3. The smallest absolute Gasteiger partial charge is 0.372 e. The second-order valence-corrected chi connectivity index (χ2v) is 11.4. The summed E-state index contributed by atoms with van der Waals surface area (Å²) in [6.07, 6.45) is 0.460. The van der Waals surface area contributed by atoms with Crippen molar-refractivity contribution in [3.8, 4) is 0 Å². The molecule has 1 heterocycles. The molecule has 2 atom stereocenters. The average Bonchev–Trinajstić information content (AvgIpc) is 3.67. The van der Waals surface area contributed by atoms with Crippen LogP contribution in [-0.2, 0) is 17.1 Å². The van der Waals surface area contributed by atoms with Crippen molar-refractivity contribution in [3.05, 3.63) is 70.5 Å². The highest BCUT2D eigenvalue weighted by atomic mass is 19.4. The number of piperidine rings is 1. The van der Waals surface area contributed by atoms with Gasteiger partial charge in [0.05, 0.1) is 11.1 Å². The maximum Gasteiger partial charge on any atom is 0.416 e. The summed E-state index contributed by atoms with van der Waals surface area (Å²) in [4.78, 5) is 11.3. The second-order valence-electron chi connectivity index (χ2n) is 11.4. The Kier molecular flexibility index (Phi) is 10.3. The van der Waals surface area contributed by atoms with Gasteiger partial charge in [0.25, 0.3) is 0 Å². The molecule has 0 aromatic heterocycles. The van der Waals surface area contributed by atoms with E-state index in [1.54, 1.807) is 12.1 Å². The van der Waals surface area contributed by atoms with Gasteiger partial charge in [0.1, 0.15) is 5.82 Å². The molecular formula is C30H37F7N2O. The van der Waals surface area contributed by atoms with E-state index in [2.05, 4.69) is 17.6 Å². The Hall–Kier alpha value is -2.62. The Morgan fingerprint density at radius 1 is 0.875 bits per heavy atom. The van der Waals surface area contributed by atoms with Crippen LogP contribution in [0.25, 0.3) is 0 Å². The van der Waals surface area contributed by atoms with E-state index in [4.69, 9.17) is 4.79 Å². The highest BCUT2D eigenvalue weighted by Gasteiger charge is 2.47. The van der Waals surface area contributed by atoms with Gasteiger partial charge in [-0.2, -0.15) is 26.3 Å². The molecule has 1 saturated heterocycles. The van der Waals surface area contributed by atoms with Gasteiger partial charge in [-0.25, -0.2) is 4.39 Å². The van der Waals surface area contributed by atoms with Gasteiger partial charge in [-0.15, -0.1) is 0 Å². The molecule has 3 fully saturated rings. The highest BCUT2D eigenvalue weighted by Crippen LogP contribution is 2.55. The molecule has 2 aliphatic carbocycles. The molecule has 0 spiro atoms. The van der Waals surface area contributed by atoms with Gasteiger partial charge < -0.3 is 10.6 Å². The lowest BCUT2D eigenvalue weighted by Crippen LogP contribution is -2.40. The highest BCUT2D eigenvalue weighted by molar-refractivity contribution is 5.42. The van der Waals surface area contributed by atoms with Gasteiger partial charge in [-0.1, -0.05) is 19.1 Å². The van der Waals surface area contributed by atoms with Crippen LogP contribution in [0.2, 0.25) is 0 Å². The fourth-order valence-corrected chi connectivity index (χ4v) is 6.14. The van der Waals surface area contributed by atoms with Gasteiger partial charge in [0.2, 0.25) is 6.41 Å². The van der Waals surface area contributed by atoms with E-state index < -0.39 is 23.5 Å². The lowest BCUT2D eigenvalue weighted by molar-refractivity contribution is -0.143. The third-order valence-electron chi connectivity index (χ3n) is 8.43. The first kappa shape index (κ1) is 31.9. The number of primary amides is 1. The first-order valence-corrected chi connectivity index (χ1v) is 13.6. The Balaban J connectivity index is 0.000000215. The molecule has 5 rings (SSSR count). The molecule has 3 aliphatic rings. The number of carbonyl (C=O) groups excluding carboxylic acids is 1. The van der Waals surface area contributed by atoms with E-state index >= 15 is 0 Å². The third-order valence-corrected chi connectivity index (χ3v) is 8.43. The van der Waals surface area contributed by atoms with E-state index in [0.717, 1.165) is 12.0 Å². The van der Waals surface area contributed by atoms with Crippen LogP contribution in [0.1, 0.15) is 80.0 Å². The van der Waals surface area contributed by atoms with E-state index in [1.165, 1.54) is 70.5 Å². The molecule has 2 N–H and O–H groups in total. The van der Waals surface area contributed by atoms with E-state index in [0.29, 0.717) is 23.5 Å². The normalized spacial score (nSPS) is 24.0. The summed E-state index contributed by atoms with van der Waals surface area (Å²) in [5, 5.41) is 0. The third kappa shape index (κ3) is 8.69. The minimum absolute atomic E-state index is 0.0721. The topological polar surface area (TPSA) is 46.3 Å². The number of nitrogens with zero attached hydrogens (tertiary/aromatic N) is 1. The minimum Gasteiger partial charge on any atom is -0.372 e. The first-order valence-electron chi connectivity index (χ1n) is 13.6. The molecule has 0 bridgehead atoms. The summed E-state index contributed by atoms with van der Waals surface area (Å²) < 4.78 is 86.1. The molecular weight excluding hydrogens is 537 g/mol. The zero-order valence-electron chi connectivity index (χ0n) is 22.8. The zero-order chi connectivity index (χ0) is 29.7. The Labute approximate surface area is 230 Å². The van der Waals surface area contributed by atoms with Crippen molar-refractivity contribution in [2.45, 2.75) is 83.1 Å². The van der Waals surface area contributed by atoms with E-state index in [1.807, 2.05) is 12.1 Å². The average molecular weight is 575 g/mol. The monoisotopic (exact) mass is 574 g/mol. The van der Waals surface area contributed by atoms with Crippen molar-refractivity contribution in [1.82, 2.24) is 4.90 Å². The standard InChI is InChI=1S/C20H28FN.C9H6F6.CH3NO/c1-20(17-4-5-17)11-8-19(14-20)22-12-9-16(10-13-22)15-2-6-18(21)7-3-15;1-5-2-6(8(10,11)12)4-7(3-5)9(13,14)15;2-1-3/h2-3,6-7,16-17,19H,4-5,8-14H2,1H3;2-4H,1H3;1H,(H2,2,3). The summed E-state index contributed by atoms with van der Waals surface area (Å²) in [7, 11) is 0. The van der Waals surface area contributed by atoms with E-state index in [-0.39, 0.29) is 23.9 Å². The van der Waals surface area contributed by atoms with Gasteiger partial charge in [0, 0.05) is 6.04 Å². The Morgan fingerprint density at radius 3 is 1.82 bits per heavy atom. The predicted octanol–water partition coefficient (Wildman–Crippen LogP) is 8.11. The molecule has 2 unspecified atom stereocenters. The minimum atomic E-state index is -4.76. The number of aryl methyl sites for hydroxylation is 1. The van der Waals surface area contributed by atoms with Crippen molar-refractivity contribution < 1.29 is 35.5 Å². The largest absolute Gasteiger partial charge is 0.416 e. The predicted molar refractivity (Wildman–Crippen MR) is 140 cm³/mol. The number of carbonyl (C=O) groups is 1. The molecule has 2 aromatic carbocycles. The SMILES string of the molecule is CC1(C2CC2)CCC(N2CCC(c3ccc(F)cc3)CC2)C1.Cc1cc(C(F)(F)F)cc(C(F)(F)F)c1.NC=O. The van der Waals surface area contributed by atoms with Gasteiger partial charge >= 0.3 is 12.4 Å². The molecule has 222 valence electrons. The fraction of sp³-hybridized carbons (Fsp3) is 0.567. The molecule has 1 amide bonds. The summed E-state index contributed by atoms with van der Waals surface area (Å²) >= 11 is 0. The van der Waals surface area contributed by atoms with Crippen LogP contribution >= 0.6 is 0 Å². The maximum absolute atomic E-state index is 13.1. The summed E-state index contributed by atoms with van der Waals surface area (Å²) in [5.74, 6) is 1.55. The molecule has 40 heavy (non-hydrogen) atoms. The number of hydrogen-bond donors (Lipinski definition) is 1. The Bertz CT molecular complexity index is 1070. The fourth-order valence-electron chi connectivity index (χ4n) is 6.14. The zero-order valence-corrected chi connectivity index (χ0v) is 22.8. The summed E-state index contributed by atoms with van der Waals surface area (Å²) in [5.41, 5.74) is 3.51. The first-order chi connectivity index (χ1) is 18.7. The number of halogens is 7. The lowest BCUT2D eigenvalue weighted by atomic mass is 9.83. The van der Waals surface area contributed by atoms with Gasteiger partial charge in [-0.05, 0) is 124 Å². The quantitative estimate of drug-likeness (QED) is 0.297. The lowest BCUT2D eigenvalue weighted by Gasteiger charge is -2.37. The number of alkyl halides is 6. The number of amides is 1. The molecule has 1 aliphatic heterocycles. The van der Waals surface area contributed by atoms with Crippen LogP contribution in [0, 0.1) is 24.1 Å². The summed E-state index contributed by atoms with van der Waals surface area (Å²) in [6, 6.07) is 9.47. The molecule has 2 saturated carbocycles. The van der Waals surface area contributed by atoms with Crippen LogP contribution in [0.15, 0.2) is 42.5 Å². The maximum atomic E-state index is 13.1. The van der Waals surface area contributed by atoms with Crippen LogP contribution in [0.4, 0.5) is 30.7 Å². The Morgan fingerprint density at radius 2 is 1.38 bits per heavy atom. The van der Waals surface area contributed by atoms with Crippen molar-refractivity contribution in [1.29, 1.82) is 0 Å². The van der Waals surface area contributed by atoms with Crippen molar-refractivity contribution in [3.63, 3.8) is 0 Å². The molecule has 2 aromatic rings. The van der Waals surface area contributed by atoms with Crippen LogP contribution in [0.5, 0.6) is 0 Å². The van der Waals surface area contributed by atoms with Gasteiger partial charge in [0.15, 0.2) is 0 Å². The van der Waals surface area contributed by atoms with E-state index in [9.17, 15) is 30.7 Å². The van der Waals surface area contributed by atoms with Crippen LogP contribution in [-0.4, -0.2) is 30.4 Å². The van der Waals surface area contributed by atoms with Crippen LogP contribution in [0.3, 0.4) is 0 Å². The molecule has 10 heteroatoms. The number of hydrogen-bond acceptors (Lipinski definition) is 2. The van der Waals surface area contributed by atoms with Crippen molar-refractivity contribution in [2.24, 2.45) is 17.1 Å². The molecule has 3 nitrogen and oxygen atoms in total. The van der Waals surface area contributed by atoms with Crippen molar-refractivity contribution in [2.75, 3.05) is 13.1 Å². The summed E-state index contributed by atoms with van der Waals surface area (Å²) in [6.45, 7) is 6.18. The van der Waals surface area contributed by atoms with Gasteiger partial charge in [-0.3, -0.25) is 4.79 Å². The van der Waals surface area contributed by atoms with Crippen molar-refractivity contribution >= 4 is 6.41 Å². The number of nitrogens with two attached hydrogens (primary N) is 1. The molecule has 0 radical (unpaired) electrons. The van der Waals surface area contributed by atoms with Crippen LogP contribution < -0.4 is 5.73 Å².